The Morgan fingerprint density at radius 1 is 1.14 bits per heavy atom. The van der Waals surface area contributed by atoms with Gasteiger partial charge in [-0.2, -0.15) is 0 Å². The molecule has 1 aliphatic carbocycles. The highest BCUT2D eigenvalue weighted by molar-refractivity contribution is 5.93. The van der Waals surface area contributed by atoms with Crippen LogP contribution in [0.25, 0.3) is 5.57 Å². The van der Waals surface area contributed by atoms with Gasteiger partial charge in [0.25, 0.3) is 5.91 Å². The van der Waals surface area contributed by atoms with E-state index >= 15 is 0 Å². The molecule has 5 heteroatoms. The van der Waals surface area contributed by atoms with Crippen molar-refractivity contribution in [1.29, 1.82) is 0 Å². The standard InChI is InChI=1S/C23H26N2O3/c1-16-14-21(17(2)25(16)20-8-9-20)23(27)28-15-22(26)24-12-10-19(11-13-24)18-6-4-3-5-7-18/h3-7,10,14,20H,8-9,11-13,15H2,1-2H3. The van der Waals surface area contributed by atoms with E-state index in [0.29, 0.717) is 24.7 Å². The van der Waals surface area contributed by atoms with E-state index in [1.54, 1.807) is 4.90 Å². The Labute approximate surface area is 165 Å². The van der Waals surface area contributed by atoms with Gasteiger partial charge in [-0.1, -0.05) is 36.4 Å². The second-order valence-corrected chi connectivity index (χ2v) is 7.65. The molecule has 1 aromatic carbocycles. The third kappa shape index (κ3) is 3.75. The summed E-state index contributed by atoms with van der Waals surface area (Å²) in [7, 11) is 0. The number of nitrogens with zero attached hydrogens (tertiary/aromatic N) is 2. The average Bonchev–Trinajstić information content (AvgIpc) is 3.51. The van der Waals surface area contributed by atoms with Crippen LogP contribution in [0.4, 0.5) is 0 Å². The van der Waals surface area contributed by atoms with Crippen molar-refractivity contribution in [2.75, 3.05) is 19.7 Å². The van der Waals surface area contributed by atoms with Crippen molar-refractivity contribution < 1.29 is 14.3 Å². The minimum absolute atomic E-state index is 0.146. The molecule has 5 nitrogen and oxygen atoms in total. The molecule has 0 saturated heterocycles. The van der Waals surface area contributed by atoms with Gasteiger partial charge in [0.1, 0.15) is 0 Å². The van der Waals surface area contributed by atoms with E-state index in [1.807, 2.05) is 38.1 Å². The second-order valence-electron chi connectivity index (χ2n) is 7.65. The van der Waals surface area contributed by atoms with Crippen LogP contribution in [0.15, 0.2) is 42.5 Å². The summed E-state index contributed by atoms with van der Waals surface area (Å²) in [5.41, 5.74) is 5.04. The molecule has 1 amide bonds. The first-order chi connectivity index (χ1) is 13.5. The zero-order valence-electron chi connectivity index (χ0n) is 16.5. The number of hydrogen-bond donors (Lipinski definition) is 0. The van der Waals surface area contributed by atoms with Crippen LogP contribution in [0, 0.1) is 13.8 Å². The van der Waals surface area contributed by atoms with Gasteiger partial charge in [-0.25, -0.2) is 4.79 Å². The van der Waals surface area contributed by atoms with Gasteiger partial charge in [0.15, 0.2) is 6.61 Å². The molecule has 4 rings (SSSR count). The molecular weight excluding hydrogens is 352 g/mol. The smallest absolute Gasteiger partial charge is 0.340 e. The first kappa shape index (κ1) is 18.5. The molecular formula is C23H26N2O3. The van der Waals surface area contributed by atoms with Gasteiger partial charge in [0.2, 0.25) is 0 Å². The highest BCUT2D eigenvalue weighted by atomic mass is 16.5. The predicted octanol–water partition coefficient (Wildman–Crippen LogP) is 3.91. The summed E-state index contributed by atoms with van der Waals surface area (Å²) < 4.78 is 7.55. The number of ether oxygens (including phenoxy) is 1. The summed E-state index contributed by atoms with van der Waals surface area (Å²) in [6, 6.07) is 12.6. The number of esters is 1. The Morgan fingerprint density at radius 2 is 1.89 bits per heavy atom. The monoisotopic (exact) mass is 378 g/mol. The summed E-state index contributed by atoms with van der Waals surface area (Å²) in [5, 5.41) is 0. The lowest BCUT2D eigenvalue weighted by molar-refractivity contribution is -0.134. The van der Waals surface area contributed by atoms with Crippen LogP contribution in [0.1, 0.15) is 52.6 Å². The lowest BCUT2D eigenvalue weighted by Crippen LogP contribution is -2.37. The van der Waals surface area contributed by atoms with Gasteiger partial charge < -0.3 is 14.2 Å². The lowest BCUT2D eigenvalue weighted by Gasteiger charge is -2.26. The molecule has 28 heavy (non-hydrogen) atoms. The number of carbonyl (C=O) groups excluding carboxylic acids is 2. The van der Waals surface area contributed by atoms with Crippen molar-refractivity contribution >= 4 is 17.4 Å². The summed E-state index contributed by atoms with van der Waals surface area (Å²) in [6.07, 6.45) is 5.22. The average molecular weight is 378 g/mol. The molecule has 146 valence electrons. The fourth-order valence-corrected chi connectivity index (χ4v) is 3.98. The van der Waals surface area contributed by atoms with Crippen molar-refractivity contribution in [3.63, 3.8) is 0 Å². The third-order valence-electron chi connectivity index (χ3n) is 5.65. The fraction of sp³-hybridized carbons (Fsp3) is 0.391. The fourth-order valence-electron chi connectivity index (χ4n) is 3.98. The SMILES string of the molecule is Cc1cc(C(=O)OCC(=O)N2CC=C(c3ccccc3)CC2)c(C)n1C1CC1. The zero-order valence-corrected chi connectivity index (χ0v) is 16.5. The summed E-state index contributed by atoms with van der Waals surface area (Å²) in [5.74, 6) is -0.557. The first-order valence-electron chi connectivity index (χ1n) is 9.92. The van der Waals surface area contributed by atoms with Crippen LogP contribution in [-0.4, -0.2) is 41.0 Å². The van der Waals surface area contributed by atoms with Crippen molar-refractivity contribution in [2.24, 2.45) is 0 Å². The van der Waals surface area contributed by atoms with E-state index in [4.69, 9.17) is 4.74 Å². The Bertz CT molecular complexity index is 923. The number of rotatable bonds is 5. The highest BCUT2D eigenvalue weighted by Crippen LogP contribution is 2.38. The number of carbonyl (C=O) groups is 2. The maximum atomic E-state index is 12.5. The van der Waals surface area contributed by atoms with Gasteiger partial charge in [-0.3, -0.25) is 4.79 Å². The van der Waals surface area contributed by atoms with Crippen LogP contribution in [0.2, 0.25) is 0 Å². The number of benzene rings is 1. The Hall–Kier alpha value is -2.82. The normalized spacial score (nSPS) is 16.6. The predicted molar refractivity (Wildman–Crippen MR) is 108 cm³/mol. The molecule has 0 unspecified atom stereocenters. The first-order valence-corrected chi connectivity index (χ1v) is 9.92. The van der Waals surface area contributed by atoms with Crippen LogP contribution >= 0.6 is 0 Å². The summed E-state index contributed by atoms with van der Waals surface area (Å²) in [6.45, 7) is 4.95. The summed E-state index contributed by atoms with van der Waals surface area (Å²) in [4.78, 5) is 26.7. The largest absolute Gasteiger partial charge is 0.452 e. The number of aromatic nitrogens is 1. The lowest BCUT2D eigenvalue weighted by atomic mass is 10.00. The maximum Gasteiger partial charge on any atom is 0.340 e. The topological polar surface area (TPSA) is 51.5 Å². The van der Waals surface area contributed by atoms with Gasteiger partial charge in [0, 0.05) is 30.5 Å². The third-order valence-corrected chi connectivity index (χ3v) is 5.65. The van der Waals surface area contributed by atoms with Gasteiger partial charge >= 0.3 is 5.97 Å². The molecule has 2 aromatic rings. The Kier molecular flexibility index (Phi) is 5.07. The summed E-state index contributed by atoms with van der Waals surface area (Å²) >= 11 is 0. The molecule has 1 aromatic heterocycles. The minimum atomic E-state index is -0.411. The Morgan fingerprint density at radius 3 is 2.54 bits per heavy atom. The van der Waals surface area contributed by atoms with Crippen LogP contribution in [0.3, 0.4) is 0 Å². The van der Waals surface area contributed by atoms with E-state index < -0.39 is 5.97 Å². The molecule has 1 saturated carbocycles. The number of amides is 1. The molecule has 0 atom stereocenters. The van der Waals surface area contributed by atoms with Crippen LogP contribution in [0.5, 0.6) is 0 Å². The molecule has 0 N–H and O–H groups in total. The van der Waals surface area contributed by atoms with Crippen molar-refractivity contribution in [3.05, 3.63) is 65.0 Å². The Balaban J connectivity index is 1.33. The minimum Gasteiger partial charge on any atom is -0.452 e. The van der Waals surface area contributed by atoms with Crippen molar-refractivity contribution in [2.45, 2.75) is 39.2 Å². The molecule has 0 bridgehead atoms. The molecule has 1 fully saturated rings. The molecule has 1 aliphatic heterocycles. The van der Waals surface area contributed by atoms with Gasteiger partial charge in [0.05, 0.1) is 5.56 Å². The second kappa shape index (κ2) is 7.66. The molecule has 0 spiro atoms. The number of hydrogen-bond acceptors (Lipinski definition) is 3. The van der Waals surface area contributed by atoms with Crippen LogP contribution < -0.4 is 0 Å². The molecule has 2 heterocycles. The van der Waals surface area contributed by atoms with Crippen molar-refractivity contribution in [1.82, 2.24) is 9.47 Å². The van der Waals surface area contributed by atoms with E-state index in [0.717, 1.165) is 30.7 Å². The van der Waals surface area contributed by atoms with Gasteiger partial charge in [-0.15, -0.1) is 0 Å². The van der Waals surface area contributed by atoms with E-state index in [2.05, 4.69) is 22.8 Å². The highest BCUT2D eigenvalue weighted by Gasteiger charge is 2.29. The van der Waals surface area contributed by atoms with E-state index in [1.165, 1.54) is 11.1 Å². The maximum absolute atomic E-state index is 12.5. The molecule has 2 aliphatic rings. The van der Waals surface area contributed by atoms with E-state index in [-0.39, 0.29) is 12.5 Å². The van der Waals surface area contributed by atoms with E-state index in [9.17, 15) is 9.59 Å². The zero-order chi connectivity index (χ0) is 19.7. The molecule has 0 radical (unpaired) electrons. The van der Waals surface area contributed by atoms with Crippen LogP contribution in [-0.2, 0) is 9.53 Å². The number of aryl methyl sites for hydroxylation is 1. The quantitative estimate of drug-likeness (QED) is 0.741. The van der Waals surface area contributed by atoms with Gasteiger partial charge in [-0.05, 0) is 50.3 Å². The van der Waals surface area contributed by atoms with Crippen molar-refractivity contribution in [3.8, 4) is 0 Å².